The van der Waals surface area contributed by atoms with Gasteiger partial charge < -0.3 is 5.73 Å². The van der Waals surface area contributed by atoms with Gasteiger partial charge in [-0.3, -0.25) is 5.10 Å². The zero-order valence-corrected chi connectivity index (χ0v) is 15.4. The second kappa shape index (κ2) is 8.03. The van der Waals surface area contributed by atoms with Crippen molar-refractivity contribution in [1.29, 1.82) is 0 Å². The molecule has 0 aliphatic carbocycles. The molecule has 4 rings (SSSR count). The summed E-state index contributed by atoms with van der Waals surface area (Å²) in [5.74, 6) is 0.698. The van der Waals surface area contributed by atoms with Gasteiger partial charge in [-0.2, -0.15) is 10.2 Å². The number of hydrogen-bond donors (Lipinski definition) is 2. The molecule has 0 unspecified atom stereocenters. The fraction of sp³-hybridized carbons (Fsp3) is 0.100. The molecular formula is C20H18FN7O. The summed E-state index contributed by atoms with van der Waals surface area (Å²) in [7, 11) is 0. The first kappa shape index (κ1) is 18.5. The van der Waals surface area contributed by atoms with Crippen molar-refractivity contribution < 1.29 is 4.39 Å². The van der Waals surface area contributed by atoms with Gasteiger partial charge in [0.2, 0.25) is 0 Å². The third-order valence-corrected chi connectivity index (χ3v) is 4.53. The van der Waals surface area contributed by atoms with Crippen molar-refractivity contribution in [3.8, 4) is 28.2 Å². The van der Waals surface area contributed by atoms with Crippen LogP contribution in [-0.2, 0) is 6.54 Å². The molecule has 3 N–H and O–H groups in total. The van der Waals surface area contributed by atoms with Gasteiger partial charge in [0, 0.05) is 12.1 Å². The van der Waals surface area contributed by atoms with Gasteiger partial charge in [0.1, 0.15) is 12.7 Å². The van der Waals surface area contributed by atoms with Crippen LogP contribution in [0, 0.1) is 0 Å². The molecule has 0 saturated carbocycles. The highest BCUT2D eigenvalue weighted by atomic mass is 19.1. The van der Waals surface area contributed by atoms with E-state index in [1.165, 1.54) is 21.9 Å². The van der Waals surface area contributed by atoms with Crippen molar-refractivity contribution in [2.75, 3.05) is 6.54 Å². The number of hydrogen-bond acceptors (Lipinski definition) is 5. The summed E-state index contributed by atoms with van der Waals surface area (Å²) in [4.78, 5) is 16.8. The first-order chi connectivity index (χ1) is 14.2. The lowest BCUT2D eigenvalue weighted by Crippen LogP contribution is -2.25. The summed E-state index contributed by atoms with van der Waals surface area (Å²) in [5, 5.41) is 10.7. The molecule has 0 amide bonds. The highest BCUT2D eigenvalue weighted by molar-refractivity contribution is 5.69. The Morgan fingerprint density at radius 1 is 1.14 bits per heavy atom. The van der Waals surface area contributed by atoms with Gasteiger partial charge in [-0.15, -0.1) is 0 Å². The molecule has 8 nitrogen and oxygen atoms in total. The molecule has 0 radical (unpaired) electrons. The SMILES string of the molecule is NC/C(=C/F)Cn1ncn(-c2cccc(-c3ccc(-c4ncn[nH]4)cc3)c2)c1=O. The lowest BCUT2D eigenvalue weighted by molar-refractivity contribution is 0.612. The molecule has 0 saturated heterocycles. The Kier molecular flexibility index (Phi) is 5.12. The number of H-pyrrole nitrogens is 1. The number of aromatic amines is 1. The zero-order chi connectivity index (χ0) is 20.2. The molecule has 2 heterocycles. The molecule has 2 aromatic carbocycles. The third kappa shape index (κ3) is 3.76. The fourth-order valence-electron chi connectivity index (χ4n) is 2.96. The third-order valence-electron chi connectivity index (χ3n) is 4.53. The van der Waals surface area contributed by atoms with Gasteiger partial charge in [0.25, 0.3) is 0 Å². The van der Waals surface area contributed by atoms with E-state index >= 15 is 0 Å². The Balaban J connectivity index is 1.63. The van der Waals surface area contributed by atoms with E-state index in [9.17, 15) is 9.18 Å². The van der Waals surface area contributed by atoms with Crippen LogP contribution < -0.4 is 11.4 Å². The molecule has 29 heavy (non-hydrogen) atoms. The summed E-state index contributed by atoms with van der Waals surface area (Å²) in [5.41, 5.74) is 8.90. The van der Waals surface area contributed by atoms with Crippen LogP contribution in [0.25, 0.3) is 28.2 Å². The van der Waals surface area contributed by atoms with E-state index < -0.39 is 0 Å². The van der Waals surface area contributed by atoms with Crippen LogP contribution in [0.3, 0.4) is 0 Å². The highest BCUT2D eigenvalue weighted by Crippen LogP contribution is 2.24. The minimum atomic E-state index is -0.365. The van der Waals surface area contributed by atoms with Gasteiger partial charge in [0.15, 0.2) is 5.82 Å². The molecule has 0 aliphatic heterocycles. The van der Waals surface area contributed by atoms with E-state index in [-0.39, 0.29) is 24.4 Å². The molecule has 0 atom stereocenters. The van der Waals surface area contributed by atoms with Crippen molar-refractivity contribution in [3.63, 3.8) is 0 Å². The first-order valence-corrected chi connectivity index (χ1v) is 8.89. The predicted molar refractivity (Wildman–Crippen MR) is 107 cm³/mol. The van der Waals surface area contributed by atoms with Crippen molar-refractivity contribution in [1.82, 2.24) is 29.5 Å². The summed E-state index contributed by atoms with van der Waals surface area (Å²) in [6.07, 6.45) is 3.29. The molecule has 0 spiro atoms. The van der Waals surface area contributed by atoms with Crippen LogP contribution in [0.2, 0.25) is 0 Å². The number of aromatic nitrogens is 6. The van der Waals surface area contributed by atoms with Crippen molar-refractivity contribution in [2.24, 2.45) is 5.73 Å². The first-order valence-electron chi connectivity index (χ1n) is 8.89. The fourth-order valence-corrected chi connectivity index (χ4v) is 2.96. The van der Waals surface area contributed by atoms with E-state index in [1.807, 2.05) is 48.5 Å². The minimum Gasteiger partial charge on any atom is -0.327 e. The predicted octanol–water partition coefficient (Wildman–Crippen LogP) is 2.30. The summed E-state index contributed by atoms with van der Waals surface area (Å²) in [6, 6.07) is 15.4. The monoisotopic (exact) mass is 391 g/mol. The normalized spacial score (nSPS) is 11.7. The topological polar surface area (TPSA) is 107 Å². The maximum Gasteiger partial charge on any atom is 0.350 e. The number of nitrogens with one attached hydrogen (secondary N) is 1. The molecule has 0 fully saturated rings. The largest absolute Gasteiger partial charge is 0.350 e. The van der Waals surface area contributed by atoms with Gasteiger partial charge >= 0.3 is 5.69 Å². The second-order valence-electron chi connectivity index (χ2n) is 6.37. The number of halogens is 1. The van der Waals surface area contributed by atoms with E-state index in [2.05, 4.69) is 20.3 Å². The smallest absolute Gasteiger partial charge is 0.327 e. The molecule has 2 aromatic heterocycles. The molecule has 0 aliphatic rings. The second-order valence-corrected chi connectivity index (χ2v) is 6.37. The van der Waals surface area contributed by atoms with Crippen LogP contribution in [0.4, 0.5) is 4.39 Å². The number of nitrogens with zero attached hydrogens (tertiary/aromatic N) is 5. The van der Waals surface area contributed by atoms with Crippen molar-refractivity contribution in [3.05, 3.63) is 83.6 Å². The number of nitrogens with two attached hydrogens (primary N) is 1. The standard InChI is InChI=1S/C20H18FN7O/c21-9-14(10-22)11-28-20(29)27(13-25-28)18-3-1-2-17(8-18)15-4-6-16(7-5-15)19-23-12-24-26-19/h1-9,12-13H,10-11,22H2,(H,23,24,26)/b14-9-. The van der Waals surface area contributed by atoms with E-state index in [4.69, 9.17) is 5.73 Å². The molecule has 0 bridgehead atoms. The average molecular weight is 391 g/mol. The van der Waals surface area contributed by atoms with Crippen LogP contribution in [-0.4, -0.2) is 36.1 Å². The lowest BCUT2D eigenvalue weighted by atomic mass is 10.0. The van der Waals surface area contributed by atoms with Crippen LogP contribution >= 0.6 is 0 Å². The van der Waals surface area contributed by atoms with E-state index in [1.54, 1.807) is 0 Å². The Morgan fingerprint density at radius 3 is 2.62 bits per heavy atom. The number of benzene rings is 2. The molecule has 4 aromatic rings. The Labute approximate surface area is 165 Å². The highest BCUT2D eigenvalue weighted by Gasteiger charge is 2.10. The van der Waals surface area contributed by atoms with Gasteiger partial charge in [-0.25, -0.2) is 23.4 Å². The Morgan fingerprint density at radius 2 is 1.93 bits per heavy atom. The van der Waals surface area contributed by atoms with Gasteiger partial charge in [-0.05, 0) is 28.8 Å². The molecule has 146 valence electrons. The molecular weight excluding hydrogens is 373 g/mol. The molecule has 9 heteroatoms. The van der Waals surface area contributed by atoms with Gasteiger partial charge in [0.05, 0.1) is 18.6 Å². The Bertz CT molecular complexity index is 1190. The summed E-state index contributed by atoms with van der Waals surface area (Å²) < 4.78 is 15.4. The van der Waals surface area contributed by atoms with Crippen molar-refractivity contribution in [2.45, 2.75) is 6.54 Å². The zero-order valence-electron chi connectivity index (χ0n) is 15.4. The van der Waals surface area contributed by atoms with E-state index in [0.717, 1.165) is 16.7 Å². The van der Waals surface area contributed by atoms with Crippen molar-refractivity contribution >= 4 is 0 Å². The maximum atomic E-state index is 12.8. The lowest BCUT2D eigenvalue weighted by Gasteiger charge is -2.06. The average Bonchev–Trinajstić information content (AvgIpc) is 3.43. The quantitative estimate of drug-likeness (QED) is 0.524. The van der Waals surface area contributed by atoms with E-state index in [0.29, 0.717) is 17.8 Å². The van der Waals surface area contributed by atoms with Gasteiger partial charge in [-0.1, -0.05) is 36.4 Å². The summed E-state index contributed by atoms with van der Waals surface area (Å²) in [6.45, 7) is 0.0387. The number of rotatable bonds is 6. The Hall–Kier alpha value is -3.85. The minimum absolute atomic E-state index is 0.0155. The summed E-state index contributed by atoms with van der Waals surface area (Å²) >= 11 is 0. The van der Waals surface area contributed by atoms with Crippen LogP contribution in [0.5, 0.6) is 0 Å². The van der Waals surface area contributed by atoms with Crippen LogP contribution in [0.1, 0.15) is 0 Å². The maximum absolute atomic E-state index is 12.8. The van der Waals surface area contributed by atoms with Crippen LogP contribution in [0.15, 0.2) is 77.9 Å².